The largest absolute Gasteiger partial charge is 0.359 e. The third-order valence-corrected chi connectivity index (χ3v) is 3.14. The number of hydrogen-bond donors (Lipinski definition) is 0. The molecule has 0 bridgehead atoms. The van der Waals surface area contributed by atoms with E-state index in [1.54, 1.807) is 0 Å². The SMILES string of the molecule is Cc1cc([C@H]2CC[C@@H](CC#N)N2C)on1. The predicted molar refractivity (Wildman–Crippen MR) is 55.0 cm³/mol. The number of nitriles is 1. The number of hydrogen-bond acceptors (Lipinski definition) is 4. The summed E-state index contributed by atoms with van der Waals surface area (Å²) in [6, 6.07) is 4.87. The summed E-state index contributed by atoms with van der Waals surface area (Å²) in [5.41, 5.74) is 0.919. The lowest BCUT2D eigenvalue weighted by atomic mass is 10.1. The van der Waals surface area contributed by atoms with Crippen LogP contribution in [0, 0.1) is 18.3 Å². The zero-order valence-electron chi connectivity index (χ0n) is 9.10. The Bertz CT molecular complexity index is 379. The van der Waals surface area contributed by atoms with Crippen LogP contribution in [-0.4, -0.2) is 23.1 Å². The molecular weight excluding hydrogens is 190 g/mol. The topological polar surface area (TPSA) is 53.1 Å². The maximum absolute atomic E-state index is 8.69. The molecule has 1 aliphatic rings. The van der Waals surface area contributed by atoms with Crippen LogP contribution in [0.25, 0.3) is 0 Å². The molecule has 2 heterocycles. The Morgan fingerprint density at radius 3 is 3.07 bits per heavy atom. The van der Waals surface area contributed by atoms with Crippen molar-refractivity contribution in [2.45, 2.75) is 38.3 Å². The number of aryl methyl sites for hydroxylation is 1. The van der Waals surface area contributed by atoms with E-state index in [4.69, 9.17) is 9.78 Å². The summed E-state index contributed by atoms with van der Waals surface area (Å²) in [7, 11) is 2.05. The van der Waals surface area contributed by atoms with Gasteiger partial charge in [-0.25, -0.2) is 0 Å². The summed E-state index contributed by atoms with van der Waals surface area (Å²) in [6.07, 6.45) is 2.71. The van der Waals surface area contributed by atoms with Gasteiger partial charge in [0.05, 0.1) is 24.2 Å². The average Bonchev–Trinajstić information content (AvgIpc) is 2.76. The highest BCUT2D eigenvalue weighted by molar-refractivity contribution is 5.10. The van der Waals surface area contributed by atoms with Crippen LogP contribution < -0.4 is 0 Å². The van der Waals surface area contributed by atoms with E-state index < -0.39 is 0 Å². The number of nitrogens with zero attached hydrogens (tertiary/aromatic N) is 3. The van der Waals surface area contributed by atoms with Crippen LogP contribution in [0.4, 0.5) is 0 Å². The van der Waals surface area contributed by atoms with Crippen molar-refractivity contribution in [1.82, 2.24) is 10.1 Å². The minimum absolute atomic E-state index is 0.296. The lowest BCUT2D eigenvalue weighted by molar-refractivity contribution is 0.207. The fourth-order valence-corrected chi connectivity index (χ4v) is 2.25. The van der Waals surface area contributed by atoms with Gasteiger partial charge in [0.1, 0.15) is 0 Å². The highest BCUT2D eigenvalue weighted by Gasteiger charge is 2.33. The van der Waals surface area contributed by atoms with E-state index in [-0.39, 0.29) is 0 Å². The van der Waals surface area contributed by atoms with Crippen molar-refractivity contribution in [2.75, 3.05) is 7.05 Å². The number of aromatic nitrogens is 1. The molecule has 15 heavy (non-hydrogen) atoms. The molecule has 1 aromatic rings. The Balaban J connectivity index is 2.10. The van der Waals surface area contributed by atoms with Crippen LogP contribution in [0.2, 0.25) is 0 Å². The molecule has 80 valence electrons. The smallest absolute Gasteiger partial charge is 0.154 e. The van der Waals surface area contributed by atoms with Crippen LogP contribution in [0.3, 0.4) is 0 Å². The molecule has 0 aliphatic carbocycles. The van der Waals surface area contributed by atoms with Crippen LogP contribution in [-0.2, 0) is 0 Å². The van der Waals surface area contributed by atoms with E-state index in [2.05, 4.69) is 23.2 Å². The third-order valence-electron chi connectivity index (χ3n) is 3.14. The lowest BCUT2D eigenvalue weighted by Crippen LogP contribution is -2.26. The van der Waals surface area contributed by atoms with Crippen LogP contribution >= 0.6 is 0 Å². The van der Waals surface area contributed by atoms with Gasteiger partial charge in [-0.3, -0.25) is 4.90 Å². The Hall–Kier alpha value is -1.34. The number of likely N-dealkylation sites (tertiary alicyclic amines) is 1. The van der Waals surface area contributed by atoms with E-state index in [9.17, 15) is 0 Å². The lowest BCUT2D eigenvalue weighted by Gasteiger charge is -2.21. The van der Waals surface area contributed by atoms with Crippen molar-refractivity contribution in [2.24, 2.45) is 0 Å². The summed E-state index contributed by atoms with van der Waals surface area (Å²) in [4.78, 5) is 2.23. The average molecular weight is 205 g/mol. The summed E-state index contributed by atoms with van der Waals surface area (Å²) < 4.78 is 5.27. The first-order chi connectivity index (χ1) is 7.22. The first kappa shape index (κ1) is 10.2. The summed E-state index contributed by atoms with van der Waals surface area (Å²) in [6.45, 7) is 1.93. The highest BCUT2D eigenvalue weighted by Crippen LogP contribution is 2.35. The van der Waals surface area contributed by atoms with E-state index in [1.807, 2.05) is 13.0 Å². The van der Waals surface area contributed by atoms with Crippen molar-refractivity contribution < 1.29 is 4.52 Å². The Labute approximate surface area is 89.5 Å². The second kappa shape index (κ2) is 4.03. The highest BCUT2D eigenvalue weighted by atomic mass is 16.5. The monoisotopic (exact) mass is 205 g/mol. The predicted octanol–water partition coefficient (Wildman–Crippen LogP) is 2.03. The Morgan fingerprint density at radius 1 is 1.67 bits per heavy atom. The van der Waals surface area contributed by atoms with Gasteiger partial charge in [0.15, 0.2) is 5.76 Å². The molecule has 1 fully saturated rings. The van der Waals surface area contributed by atoms with Gasteiger partial charge in [0.25, 0.3) is 0 Å². The Kier molecular flexibility index (Phi) is 2.74. The zero-order valence-corrected chi connectivity index (χ0v) is 9.10. The van der Waals surface area contributed by atoms with Gasteiger partial charge in [-0.1, -0.05) is 5.16 Å². The second-order valence-electron chi connectivity index (χ2n) is 4.15. The van der Waals surface area contributed by atoms with Crippen molar-refractivity contribution in [3.63, 3.8) is 0 Å². The van der Waals surface area contributed by atoms with Crippen LogP contribution in [0.5, 0.6) is 0 Å². The zero-order chi connectivity index (χ0) is 10.8. The summed E-state index contributed by atoms with van der Waals surface area (Å²) in [5.74, 6) is 0.926. The molecule has 1 aromatic heterocycles. The van der Waals surface area contributed by atoms with Gasteiger partial charge in [0, 0.05) is 12.1 Å². The van der Waals surface area contributed by atoms with E-state index in [0.717, 1.165) is 24.3 Å². The minimum atomic E-state index is 0.296. The van der Waals surface area contributed by atoms with Crippen LogP contribution in [0.1, 0.15) is 36.8 Å². The molecule has 0 radical (unpaired) electrons. The van der Waals surface area contributed by atoms with Gasteiger partial charge in [-0.05, 0) is 26.8 Å². The van der Waals surface area contributed by atoms with Gasteiger partial charge >= 0.3 is 0 Å². The first-order valence-electron chi connectivity index (χ1n) is 5.24. The standard InChI is InChI=1S/C11H15N3O/c1-8-7-11(15-13-8)10-4-3-9(5-6-12)14(10)2/h7,9-10H,3-5H2,1-2H3/t9-,10+/m0/s1. The molecule has 0 amide bonds. The molecule has 0 unspecified atom stereocenters. The molecule has 4 nitrogen and oxygen atoms in total. The fraction of sp³-hybridized carbons (Fsp3) is 0.636. The molecule has 0 aromatic carbocycles. The fourth-order valence-electron chi connectivity index (χ4n) is 2.25. The van der Waals surface area contributed by atoms with Gasteiger partial charge in [-0.2, -0.15) is 5.26 Å². The molecule has 0 N–H and O–H groups in total. The van der Waals surface area contributed by atoms with E-state index in [0.29, 0.717) is 18.5 Å². The second-order valence-corrected chi connectivity index (χ2v) is 4.15. The van der Waals surface area contributed by atoms with Crippen molar-refractivity contribution in [3.05, 3.63) is 17.5 Å². The maximum Gasteiger partial charge on any atom is 0.154 e. The molecular formula is C11H15N3O. The number of rotatable bonds is 2. The van der Waals surface area contributed by atoms with Gasteiger partial charge < -0.3 is 4.52 Å². The summed E-state index contributed by atoms with van der Waals surface area (Å²) in [5, 5.41) is 12.6. The van der Waals surface area contributed by atoms with Crippen molar-refractivity contribution in [1.29, 1.82) is 5.26 Å². The van der Waals surface area contributed by atoms with Crippen LogP contribution in [0.15, 0.2) is 10.6 Å². The van der Waals surface area contributed by atoms with Gasteiger partial charge in [-0.15, -0.1) is 0 Å². The molecule has 4 heteroatoms. The first-order valence-corrected chi connectivity index (χ1v) is 5.24. The van der Waals surface area contributed by atoms with Crippen molar-refractivity contribution in [3.8, 4) is 6.07 Å². The molecule has 0 spiro atoms. The molecule has 0 saturated carbocycles. The van der Waals surface area contributed by atoms with Crippen molar-refractivity contribution >= 4 is 0 Å². The molecule has 1 aliphatic heterocycles. The molecule has 2 atom stereocenters. The molecule has 1 saturated heterocycles. The van der Waals surface area contributed by atoms with Gasteiger partial charge in [0.2, 0.25) is 0 Å². The maximum atomic E-state index is 8.69. The summed E-state index contributed by atoms with van der Waals surface area (Å²) >= 11 is 0. The quantitative estimate of drug-likeness (QED) is 0.741. The van der Waals surface area contributed by atoms with E-state index >= 15 is 0 Å². The van der Waals surface area contributed by atoms with E-state index in [1.165, 1.54) is 0 Å². The normalized spacial score (nSPS) is 26.7. The minimum Gasteiger partial charge on any atom is -0.359 e. The Morgan fingerprint density at radius 2 is 2.47 bits per heavy atom. The third kappa shape index (κ3) is 1.88. The molecule has 2 rings (SSSR count).